The number of halogens is 3. The molecule has 1 unspecified atom stereocenters. The molecular weight excluding hydrogens is 519 g/mol. The first kappa shape index (κ1) is 29.1. The van der Waals surface area contributed by atoms with Gasteiger partial charge in [0.15, 0.2) is 5.83 Å². The predicted octanol–water partition coefficient (Wildman–Crippen LogP) is 6.29. The zero-order valence-electron chi connectivity index (χ0n) is 21.7. The van der Waals surface area contributed by atoms with Crippen molar-refractivity contribution in [3.05, 3.63) is 53.9 Å². The first-order valence-corrected chi connectivity index (χ1v) is 14.8. The van der Waals surface area contributed by atoms with Crippen LogP contribution in [0.5, 0.6) is 0 Å². The second kappa shape index (κ2) is 10.9. The summed E-state index contributed by atoms with van der Waals surface area (Å²) in [6.07, 6.45) is 3.97. The lowest BCUT2D eigenvalue weighted by molar-refractivity contribution is -0.0812. The quantitative estimate of drug-likeness (QED) is 0.154. The Morgan fingerprint density at radius 1 is 1.24 bits per heavy atom. The molecule has 2 saturated carbocycles. The summed E-state index contributed by atoms with van der Waals surface area (Å²) in [6.45, 7) is 6.45. The summed E-state index contributed by atoms with van der Waals surface area (Å²) in [5.41, 5.74) is 1.96. The molecule has 0 aliphatic heterocycles. The fourth-order valence-electron chi connectivity index (χ4n) is 8.09. The van der Waals surface area contributed by atoms with Crippen LogP contribution in [0.4, 0.5) is 18.9 Å². The Labute approximate surface area is 222 Å². The number of rotatable bonds is 10. The largest absolute Gasteiger partial charge is 0.393 e. The standard InChI is InChI=1S/C28H38F3NO5S/c1-3-28-14-13-17-15-19(32-38(35,36)37)9-10-20(17)24(28)18(16-27(2)22(28)11-12-23(27)34)7-5-4-6-8-21(33)25(29)26(30)31/h3,9-10,15,18,21-24,32-34H,1,4-8,11-14,16H2,2H3,(H,35,36,37)/t18-,21?,22+,23-,24+,27-,28-/m0/s1. The number of aliphatic hydroxyl groups excluding tert-OH is 2. The summed E-state index contributed by atoms with van der Waals surface area (Å²) >= 11 is 0. The van der Waals surface area contributed by atoms with Gasteiger partial charge in [0.2, 0.25) is 0 Å². The molecule has 1 aromatic rings. The summed E-state index contributed by atoms with van der Waals surface area (Å²) in [6, 6.07) is 5.37. The molecule has 38 heavy (non-hydrogen) atoms. The number of allylic oxidation sites excluding steroid dienone is 1. The Balaban J connectivity index is 1.59. The molecule has 7 atom stereocenters. The molecule has 0 radical (unpaired) electrons. The molecule has 0 saturated heterocycles. The fraction of sp³-hybridized carbons (Fsp3) is 0.643. The minimum absolute atomic E-state index is 0.0707. The van der Waals surface area contributed by atoms with E-state index in [0.717, 1.165) is 56.1 Å². The van der Waals surface area contributed by atoms with E-state index in [1.165, 1.54) is 0 Å². The van der Waals surface area contributed by atoms with Crippen molar-refractivity contribution in [3.63, 3.8) is 0 Å². The Kier molecular flexibility index (Phi) is 8.38. The Morgan fingerprint density at radius 3 is 2.63 bits per heavy atom. The van der Waals surface area contributed by atoms with Crippen molar-refractivity contribution < 1.29 is 36.4 Å². The Hall–Kier alpha value is -1.88. The van der Waals surface area contributed by atoms with E-state index in [4.69, 9.17) is 0 Å². The number of nitrogens with one attached hydrogen (secondary N) is 1. The van der Waals surface area contributed by atoms with Crippen LogP contribution >= 0.6 is 0 Å². The minimum Gasteiger partial charge on any atom is -0.393 e. The molecule has 3 aliphatic carbocycles. The van der Waals surface area contributed by atoms with E-state index in [1.807, 2.05) is 6.07 Å². The van der Waals surface area contributed by atoms with E-state index in [1.54, 1.807) is 12.1 Å². The highest BCUT2D eigenvalue weighted by Gasteiger charge is 2.63. The second-order valence-electron chi connectivity index (χ2n) is 11.7. The molecule has 6 nitrogen and oxygen atoms in total. The van der Waals surface area contributed by atoms with E-state index in [0.29, 0.717) is 18.5 Å². The van der Waals surface area contributed by atoms with Gasteiger partial charge in [0.25, 0.3) is 0 Å². The van der Waals surface area contributed by atoms with Crippen molar-refractivity contribution in [1.29, 1.82) is 0 Å². The van der Waals surface area contributed by atoms with Crippen LogP contribution in [0, 0.1) is 22.7 Å². The van der Waals surface area contributed by atoms with Crippen LogP contribution in [0.3, 0.4) is 0 Å². The molecule has 3 aliphatic rings. The highest BCUT2D eigenvalue weighted by atomic mass is 32.2. The van der Waals surface area contributed by atoms with Gasteiger partial charge in [-0.3, -0.25) is 9.27 Å². The van der Waals surface area contributed by atoms with Gasteiger partial charge in [-0.15, -0.1) is 6.58 Å². The smallest absolute Gasteiger partial charge is 0.357 e. The van der Waals surface area contributed by atoms with Crippen LogP contribution < -0.4 is 4.72 Å². The van der Waals surface area contributed by atoms with Crippen LogP contribution in [0.15, 0.2) is 42.8 Å². The molecule has 4 N–H and O–H groups in total. The van der Waals surface area contributed by atoms with Crippen molar-refractivity contribution in [1.82, 2.24) is 0 Å². The van der Waals surface area contributed by atoms with Crippen LogP contribution in [0.2, 0.25) is 0 Å². The molecule has 0 heterocycles. The van der Waals surface area contributed by atoms with E-state index >= 15 is 0 Å². The fourth-order valence-corrected chi connectivity index (χ4v) is 8.52. The monoisotopic (exact) mass is 557 g/mol. The van der Waals surface area contributed by atoms with Gasteiger partial charge in [0, 0.05) is 0 Å². The third-order valence-corrected chi connectivity index (χ3v) is 10.1. The van der Waals surface area contributed by atoms with Gasteiger partial charge in [-0.1, -0.05) is 38.3 Å². The summed E-state index contributed by atoms with van der Waals surface area (Å²) in [5.74, 6) is -1.21. The first-order chi connectivity index (χ1) is 17.8. The molecule has 0 spiro atoms. The van der Waals surface area contributed by atoms with Gasteiger partial charge < -0.3 is 10.2 Å². The van der Waals surface area contributed by atoms with Crippen molar-refractivity contribution >= 4 is 16.0 Å². The highest BCUT2D eigenvalue weighted by molar-refractivity contribution is 7.87. The van der Waals surface area contributed by atoms with Gasteiger partial charge in [-0.05, 0) is 96.8 Å². The molecule has 2 fully saturated rings. The van der Waals surface area contributed by atoms with Crippen molar-refractivity contribution in [2.75, 3.05) is 4.72 Å². The average Bonchev–Trinajstić information content (AvgIpc) is 3.15. The SMILES string of the molecule is C=C[C@@]12CCc3cc(NS(=O)(=O)O)ccc3[C@H]1[C@@H](CCCCCC(O)C(F)=C(F)F)C[C@@]1(C)[C@H]2CC[C@@H]1O. The minimum atomic E-state index is -4.39. The summed E-state index contributed by atoms with van der Waals surface area (Å²) in [5, 5.41) is 20.7. The van der Waals surface area contributed by atoms with Gasteiger partial charge >= 0.3 is 16.4 Å². The number of unbranched alkanes of at least 4 members (excludes halogenated alkanes) is 2. The van der Waals surface area contributed by atoms with Crippen LogP contribution in [-0.4, -0.2) is 35.4 Å². The van der Waals surface area contributed by atoms with Gasteiger partial charge in [-0.25, -0.2) is 4.39 Å². The van der Waals surface area contributed by atoms with Crippen LogP contribution in [0.25, 0.3) is 0 Å². The number of hydrogen-bond donors (Lipinski definition) is 4. The number of benzene rings is 1. The number of fused-ring (bicyclic) bond motifs is 5. The normalized spacial score (nSPS) is 33.0. The molecule has 0 bridgehead atoms. The van der Waals surface area contributed by atoms with E-state index in [9.17, 15) is 36.4 Å². The van der Waals surface area contributed by atoms with Crippen molar-refractivity contribution in [3.8, 4) is 0 Å². The topological polar surface area (TPSA) is 107 Å². The molecule has 4 rings (SSSR count). The lowest BCUT2D eigenvalue weighted by atomic mass is 9.44. The molecule has 0 aromatic heterocycles. The van der Waals surface area contributed by atoms with E-state index in [2.05, 4.69) is 24.3 Å². The summed E-state index contributed by atoms with van der Waals surface area (Å²) < 4.78 is 72.1. The maximum atomic E-state index is 13.2. The summed E-state index contributed by atoms with van der Waals surface area (Å²) in [7, 11) is -4.39. The maximum Gasteiger partial charge on any atom is 0.357 e. The number of hydrogen-bond acceptors (Lipinski definition) is 4. The van der Waals surface area contributed by atoms with Crippen molar-refractivity contribution in [2.24, 2.45) is 22.7 Å². The van der Waals surface area contributed by atoms with E-state index < -0.39 is 34.4 Å². The highest BCUT2D eigenvalue weighted by Crippen LogP contribution is 2.69. The molecule has 1 aromatic carbocycles. The van der Waals surface area contributed by atoms with Gasteiger partial charge in [0.05, 0.1) is 11.8 Å². The summed E-state index contributed by atoms with van der Waals surface area (Å²) in [4.78, 5) is 0. The molecule has 0 amide bonds. The van der Waals surface area contributed by atoms with Gasteiger partial charge in [0.1, 0.15) is 6.10 Å². The van der Waals surface area contributed by atoms with Crippen LogP contribution in [-0.2, 0) is 16.7 Å². The zero-order valence-corrected chi connectivity index (χ0v) is 22.5. The molecule has 212 valence electrons. The first-order valence-electron chi connectivity index (χ1n) is 13.4. The van der Waals surface area contributed by atoms with Gasteiger partial charge in [-0.2, -0.15) is 17.2 Å². The lowest BCUT2D eigenvalue weighted by Crippen LogP contribution is -2.54. The third-order valence-electron chi connectivity index (χ3n) is 9.65. The Bertz CT molecular complexity index is 1190. The van der Waals surface area contributed by atoms with Crippen LogP contribution in [0.1, 0.15) is 81.8 Å². The second-order valence-corrected chi connectivity index (χ2v) is 12.8. The Morgan fingerprint density at radius 2 is 1.97 bits per heavy atom. The predicted molar refractivity (Wildman–Crippen MR) is 140 cm³/mol. The van der Waals surface area contributed by atoms with E-state index in [-0.39, 0.29) is 35.0 Å². The maximum absolute atomic E-state index is 13.2. The number of aryl methyl sites for hydroxylation is 1. The average molecular weight is 558 g/mol. The zero-order chi connectivity index (χ0) is 27.9. The van der Waals surface area contributed by atoms with Crippen molar-refractivity contribution in [2.45, 2.75) is 89.3 Å². The third kappa shape index (κ3) is 5.42. The molecular formula is C28H38F3NO5S. The lowest BCUT2D eigenvalue weighted by Gasteiger charge is -2.60. The number of aliphatic hydroxyl groups is 2. The number of anilines is 1. The molecule has 10 heteroatoms.